The average molecular weight is 360 g/mol. The van der Waals surface area contributed by atoms with Crippen molar-refractivity contribution in [2.24, 2.45) is 0 Å². The molecule has 0 N–H and O–H groups in total. The van der Waals surface area contributed by atoms with Gasteiger partial charge in [-0.25, -0.2) is 4.79 Å². The fraction of sp³-hybridized carbons (Fsp3) is 0.364. The summed E-state index contributed by atoms with van der Waals surface area (Å²) in [6.07, 6.45) is -3.00. The highest BCUT2D eigenvalue weighted by molar-refractivity contribution is 9.11. The standard InChI is InChI=1S/C11H11BrClF3N2O/c1-7(12)5-9(13)8(2)18-4-3-17(10(18)19)6-11(14,15)16/h5H,1-4,6H2/b9-5+. The molecule has 1 fully saturated rings. The molecule has 8 heteroatoms. The number of amides is 2. The highest BCUT2D eigenvalue weighted by atomic mass is 79.9. The van der Waals surface area contributed by atoms with E-state index < -0.39 is 18.8 Å². The topological polar surface area (TPSA) is 23.6 Å². The molecule has 106 valence electrons. The van der Waals surface area contributed by atoms with Crippen LogP contribution in [0.5, 0.6) is 0 Å². The minimum absolute atomic E-state index is 0.0171. The molecule has 0 saturated carbocycles. The summed E-state index contributed by atoms with van der Waals surface area (Å²) in [5, 5.41) is 0.143. The van der Waals surface area contributed by atoms with Gasteiger partial charge in [-0.2, -0.15) is 13.2 Å². The predicted molar refractivity (Wildman–Crippen MR) is 70.9 cm³/mol. The smallest absolute Gasteiger partial charge is 0.313 e. The number of carbonyl (C=O) groups is 1. The van der Waals surface area contributed by atoms with Crippen molar-refractivity contribution in [3.05, 3.63) is 34.4 Å². The van der Waals surface area contributed by atoms with Crippen LogP contribution in [0.1, 0.15) is 0 Å². The predicted octanol–water partition coefficient (Wildman–Crippen LogP) is 3.83. The van der Waals surface area contributed by atoms with Gasteiger partial charge < -0.3 is 4.90 Å². The molecule has 19 heavy (non-hydrogen) atoms. The first-order chi connectivity index (χ1) is 8.61. The molecule has 0 bridgehead atoms. The lowest BCUT2D eigenvalue weighted by atomic mass is 10.3. The summed E-state index contributed by atoms with van der Waals surface area (Å²) in [5.41, 5.74) is 0.150. The number of rotatable bonds is 4. The van der Waals surface area contributed by atoms with E-state index in [4.69, 9.17) is 11.6 Å². The Labute approximate surface area is 122 Å². The number of urea groups is 1. The Kier molecular flexibility index (Phi) is 5.09. The summed E-state index contributed by atoms with van der Waals surface area (Å²) in [5.74, 6) is 0. The lowest BCUT2D eigenvalue weighted by Gasteiger charge is -2.20. The molecular weight excluding hydrogens is 348 g/mol. The van der Waals surface area contributed by atoms with Crippen LogP contribution in [0.2, 0.25) is 0 Å². The van der Waals surface area contributed by atoms with Gasteiger partial charge in [0.05, 0.1) is 10.7 Å². The van der Waals surface area contributed by atoms with Crippen molar-refractivity contribution < 1.29 is 18.0 Å². The third-order valence-electron chi connectivity index (χ3n) is 2.35. The van der Waals surface area contributed by atoms with Gasteiger partial charge in [0.2, 0.25) is 0 Å². The summed E-state index contributed by atoms with van der Waals surface area (Å²) in [6.45, 7) is 5.97. The van der Waals surface area contributed by atoms with Crippen LogP contribution in [0.15, 0.2) is 34.4 Å². The Bertz CT molecular complexity index is 448. The van der Waals surface area contributed by atoms with Gasteiger partial charge in [0.25, 0.3) is 0 Å². The third-order valence-corrected chi connectivity index (χ3v) is 2.91. The molecule has 1 aliphatic rings. The molecule has 0 radical (unpaired) electrons. The van der Waals surface area contributed by atoms with Crippen LogP contribution < -0.4 is 0 Å². The molecule has 0 atom stereocenters. The zero-order chi connectivity index (χ0) is 14.8. The number of nitrogens with zero attached hydrogens (tertiary/aromatic N) is 2. The molecule has 3 nitrogen and oxygen atoms in total. The summed E-state index contributed by atoms with van der Waals surface area (Å²) >= 11 is 8.95. The molecule has 0 aromatic rings. The van der Waals surface area contributed by atoms with Crippen molar-refractivity contribution in [2.75, 3.05) is 19.6 Å². The average Bonchev–Trinajstić information content (AvgIpc) is 2.56. The van der Waals surface area contributed by atoms with Crippen molar-refractivity contribution in [1.29, 1.82) is 0 Å². The van der Waals surface area contributed by atoms with Gasteiger partial charge in [-0.15, -0.1) is 0 Å². The first kappa shape index (κ1) is 16.1. The fourth-order valence-corrected chi connectivity index (χ4v) is 2.14. The van der Waals surface area contributed by atoms with E-state index in [1.807, 2.05) is 0 Å². The van der Waals surface area contributed by atoms with Crippen LogP contribution >= 0.6 is 27.5 Å². The number of alkyl halides is 3. The van der Waals surface area contributed by atoms with Gasteiger partial charge in [-0.05, 0) is 6.08 Å². The first-order valence-corrected chi connectivity index (χ1v) is 6.33. The van der Waals surface area contributed by atoms with E-state index in [1.165, 1.54) is 6.08 Å². The third kappa shape index (κ3) is 4.58. The molecule has 0 spiro atoms. The van der Waals surface area contributed by atoms with Crippen molar-refractivity contribution in [3.8, 4) is 0 Å². The minimum atomic E-state index is -4.42. The molecule has 1 heterocycles. The molecule has 1 rings (SSSR count). The number of allylic oxidation sites excluding steroid dienone is 3. The van der Waals surface area contributed by atoms with E-state index in [9.17, 15) is 18.0 Å². The number of hydrogen-bond acceptors (Lipinski definition) is 1. The van der Waals surface area contributed by atoms with Crippen LogP contribution in [0.4, 0.5) is 18.0 Å². The Morgan fingerprint density at radius 1 is 1.42 bits per heavy atom. The van der Waals surface area contributed by atoms with E-state index in [0.29, 0.717) is 9.38 Å². The van der Waals surface area contributed by atoms with Gasteiger partial charge >= 0.3 is 12.2 Å². The van der Waals surface area contributed by atoms with Crippen LogP contribution in [-0.2, 0) is 0 Å². The van der Waals surface area contributed by atoms with E-state index in [0.717, 1.165) is 4.90 Å². The monoisotopic (exact) mass is 358 g/mol. The molecule has 2 amide bonds. The maximum absolute atomic E-state index is 12.2. The SMILES string of the molecule is C=C(Br)/C=C(/Cl)C(=C)N1CCN(CC(F)(F)F)C1=O. The molecule has 0 unspecified atom stereocenters. The molecule has 0 aromatic carbocycles. The van der Waals surface area contributed by atoms with E-state index in [1.54, 1.807) is 0 Å². The lowest BCUT2D eigenvalue weighted by molar-refractivity contribution is -0.138. The van der Waals surface area contributed by atoms with E-state index in [2.05, 4.69) is 29.1 Å². The van der Waals surface area contributed by atoms with Gasteiger partial charge in [-0.3, -0.25) is 4.90 Å². The maximum Gasteiger partial charge on any atom is 0.406 e. The summed E-state index contributed by atoms with van der Waals surface area (Å²) in [4.78, 5) is 13.6. The molecule has 0 aromatic heterocycles. The first-order valence-electron chi connectivity index (χ1n) is 5.16. The summed E-state index contributed by atoms with van der Waals surface area (Å²) in [6, 6.07) is -0.756. The van der Waals surface area contributed by atoms with E-state index >= 15 is 0 Å². The van der Waals surface area contributed by atoms with Gasteiger partial charge in [0.1, 0.15) is 6.54 Å². The number of hydrogen-bond donors (Lipinski definition) is 0. The van der Waals surface area contributed by atoms with Crippen LogP contribution in [-0.4, -0.2) is 41.6 Å². The maximum atomic E-state index is 12.2. The van der Waals surface area contributed by atoms with Crippen molar-refractivity contribution in [1.82, 2.24) is 9.80 Å². The Morgan fingerprint density at radius 3 is 2.47 bits per heavy atom. The zero-order valence-electron chi connectivity index (χ0n) is 9.81. The quantitative estimate of drug-likeness (QED) is 0.700. The number of halogens is 5. The molecule has 1 saturated heterocycles. The second-order valence-corrected chi connectivity index (χ2v) is 5.28. The zero-order valence-corrected chi connectivity index (χ0v) is 12.1. The van der Waals surface area contributed by atoms with Crippen LogP contribution in [0, 0.1) is 0 Å². The number of carbonyl (C=O) groups excluding carboxylic acids is 1. The van der Waals surface area contributed by atoms with E-state index in [-0.39, 0.29) is 23.8 Å². The minimum Gasteiger partial charge on any atom is -0.313 e. The van der Waals surface area contributed by atoms with Crippen molar-refractivity contribution in [3.63, 3.8) is 0 Å². The fourth-order valence-electron chi connectivity index (χ4n) is 1.55. The second kappa shape index (κ2) is 6.00. The normalized spacial score (nSPS) is 17.1. The Hall–Kier alpha value is -0.950. The largest absolute Gasteiger partial charge is 0.406 e. The summed E-state index contributed by atoms with van der Waals surface area (Å²) < 4.78 is 37.2. The highest BCUT2D eigenvalue weighted by Crippen LogP contribution is 2.26. The second-order valence-electron chi connectivity index (χ2n) is 3.86. The van der Waals surface area contributed by atoms with Gasteiger partial charge in [-0.1, -0.05) is 40.7 Å². The molecule has 0 aliphatic carbocycles. The lowest BCUT2D eigenvalue weighted by Crippen LogP contribution is -2.37. The Balaban J connectivity index is 2.76. The highest BCUT2D eigenvalue weighted by Gasteiger charge is 2.38. The van der Waals surface area contributed by atoms with Crippen molar-refractivity contribution in [2.45, 2.75) is 6.18 Å². The van der Waals surface area contributed by atoms with Crippen LogP contribution in [0.25, 0.3) is 0 Å². The van der Waals surface area contributed by atoms with Crippen LogP contribution in [0.3, 0.4) is 0 Å². The van der Waals surface area contributed by atoms with Crippen molar-refractivity contribution >= 4 is 33.6 Å². The summed E-state index contributed by atoms with van der Waals surface area (Å²) in [7, 11) is 0. The Morgan fingerprint density at radius 2 is 2.00 bits per heavy atom. The molecular formula is C11H11BrClF3N2O. The molecule has 1 aliphatic heterocycles. The van der Waals surface area contributed by atoms with Gasteiger partial charge in [0.15, 0.2) is 0 Å². The van der Waals surface area contributed by atoms with Gasteiger partial charge in [0, 0.05) is 17.6 Å².